The summed E-state index contributed by atoms with van der Waals surface area (Å²) < 4.78 is 7.14. The van der Waals surface area contributed by atoms with Crippen molar-refractivity contribution in [3.8, 4) is 11.5 Å². The van der Waals surface area contributed by atoms with Crippen LogP contribution in [0.4, 0.5) is 5.82 Å². The van der Waals surface area contributed by atoms with Gasteiger partial charge in [-0.05, 0) is 56.5 Å². The Labute approximate surface area is 165 Å². The largest absolute Gasteiger partial charge is 0.411 e. The number of carbonyl (C=O) groups excluding carboxylic acids is 1. The van der Waals surface area contributed by atoms with Gasteiger partial charge in [0.25, 0.3) is 5.22 Å². The molecule has 3 rings (SSSR count). The van der Waals surface area contributed by atoms with Crippen LogP contribution in [0.3, 0.4) is 0 Å². The third-order valence-electron chi connectivity index (χ3n) is 3.17. The number of nitrogens with one attached hydrogen (secondary N) is 1. The van der Waals surface area contributed by atoms with Crippen molar-refractivity contribution < 1.29 is 9.21 Å². The summed E-state index contributed by atoms with van der Waals surface area (Å²) in [4.78, 5) is 16.2. The molecule has 6 nitrogen and oxygen atoms in total. The Kier molecular flexibility index (Phi) is 5.87. The second kappa shape index (κ2) is 8.11. The molecule has 0 aliphatic carbocycles. The maximum absolute atomic E-state index is 12.1. The number of hydrogen-bond donors (Lipinski definition) is 1. The Morgan fingerprint density at radius 3 is 2.84 bits per heavy atom. The first-order valence-electron chi connectivity index (χ1n) is 7.16. The summed E-state index contributed by atoms with van der Waals surface area (Å²) in [6.07, 6.45) is 1.61. The number of benzene rings is 1. The summed E-state index contributed by atoms with van der Waals surface area (Å²) >= 11 is 7.84. The lowest BCUT2D eigenvalue weighted by Gasteiger charge is -2.05. The molecule has 3 aromatic rings. The second-order valence-corrected chi connectivity index (χ2v) is 7.71. The molecule has 0 atom stereocenters. The lowest BCUT2D eigenvalue weighted by atomic mass is 10.1. The van der Waals surface area contributed by atoms with Gasteiger partial charge in [0.15, 0.2) is 0 Å². The van der Waals surface area contributed by atoms with E-state index in [9.17, 15) is 4.79 Å². The van der Waals surface area contributed by atoms with Crippen LogP contribution in [0, 0.1) is 6.92 Å². The summed E-state index contributed by atoms with van der Waals surface area (Å²) in [7, 11) is 0. The number of hydrogen-bond acceptors (Lipinski definition) is 6. The number of aryl methyl sites for hydroxylation is 1. The lowest BCUT2D eigenvalue weighted by molar-refractivity contribution is -0.113. The molecule has 2 aromatic heterocycles. The number of nitrogens with zero attached hydrogens (tertiary/aromatic N) is 3. The monoisotopic (exact) mass is 482 g/mol. The first-order chi connectivity index (χ1) is 12.0. The van der Waals surface area contributed by atoms with E-state index < -0.39 is 0 Å². The average molecular weight is 484 g/mol. The van der Waals surface area contributed by atoms with Crippen LogP contribution < -0.4 is 5.32 Å². The minimum atomic E-state index is -0.212. The zero-order valence-electron chi connectivity index (χ0n) is 13.0. The van der Waals surface area contributed by atoms with Gasteiger partial charge in [0, 0.05) is 16.2 Å². The molecule has 0 bridgehead atoms. The number of carbonyl (C=O) groups is 1. The van der Waals surface area contributed by atoms with Gasteiger partial charge < -0.3 is 9.73 Å². The van der Waals surface area contributed by atoms with Crippen molar-refractivity contribution in [2.24, 2.45) is 0 Å². The molecule has 2 heterocycles. The molecule has 0 aliphatic rings. The SMILES string of the molecule is Cc1ccccc1-c1nnc(SCC(=O)Nc2ncc(Br)cc2Br)o1. The summed E-state index contributed by atoms with van der Waals surface area (Å²) in [6.45, 7) is 1.98. The minimum Gasteiger partial charge on any atom is -0.411 e. The van der Waals surface area contributed by atoms with Crippen LogP contribution in [-0.2, 0) is 4.79 Å². The van der Waals surface area contributed by atoms with Crippen molar-refractivity contribution in [1.82, 2.24) is 15.2 Å². The zero-order chi connectivity index (χ0) is 17.8. The molecule has 0 radical (unpaired) electrons. The van der Waals surface area contributed by atoms with Crippen molar-refractivity contribution in [3.05, 3.63) is 51.0 Å². The molecule has 0 saturated heterocycles. The molecular weight excluding hydrogens is 472 g/mol. The quantitative estimate of drug-likeness (QED) is 0.530. The Hall–Kier alpha value is -1.71. The fraction of sp³-hybridized carbons (Fsp3) is 0.125. The topological polar surface area (TPSA) is 80.9 Å². The number of anilines is 1. The summed E-state index contributed by atoms with van der Waals surface area (Å²) in [5.74, 6) is 0.828. The maximum atomic E-state index is 12.1. The van der Waals surface area contributed by atoms with E-state index in [-0.39, 0.29) is 11.7 Å². The molecule has 0 unspecified atom stereocenters. The molecular formula is C16H12Br2N4O2S. The second-order valence-electron chi connectivity index (χ2n) is 5.01. The molecule has 0 aliphatic heterocycles. The van der Waals surface area contributed by atoms with Crippen molar-refractivity contribution >= 4 is 55.3 Å². The van der Waals surface area contributed by atoms with Gasteiger partial charge in [-0.25, -0.2) is 4.98 Å². The minimum absolute atomic E-state index is 0.138. The molecule has 1 aromatic carbocycles. The Bertz CT molecular complexity index is 917. The molecule has 0 spiro atoms. The van der Waals surface area contributed by atoms with Crippen LogP contribution in [-0.4, -0.2) is 26.8 Å². The van der Waals surface area contributed by atoms with Gasteiger partial charge in [0.05, 0.1) is 10.2 Å². The third-order valence-corrected chi connectivity index (χ3v) is 5.03. The van der Waals surface area contributed by atoms with Gasteiger partial charge in [-0.15, -0.1) is 10.2 Å². The van der Waals surface area contributed by atoms with Crippen molar-refractivity contribution in [3.63, 3.8) is 0 Å². The lowest BCUT2D eigenvalue weighted by Crippen LogP contribution is -2.15. The highest BCUT2D eigenvalue weighted by molar-refractivity contribution is 9.11. The van der Waals surface area contributed by atoms with E-state index in [4.69, 9.17) is 4.42 Å². The van der Waals surface area contributed by atoms with E-state index in [1.165, 1.54) is 11.8 Å². The smallest absolute Gasteiger partial charge is 0.277 e. The van der Waals surface area contributed by atoms with Crippen LogP contribution in [0.1, 0.15) is 5.56 Å². The molecule has 128 valence electrons. The molecule has 1 amide bonds. The number of pyridine rings is 1. The summed E-state index contributed by atoms with van der Waals surface area (Å²) in [5, 5.41) is 11.1. The molecule has 9 heteroatoms. The van der Waals surface area contributed by atoms with Gasteiger partial charge in [0.1, 0.15) is 5.82 Å². The van der Waals surface area contributed by atoms with E-state index in [1.54, 1.807) is 6.20 Å². The van der Waals surface area contributed by atoms with E-state index in [1.807, 2.05) is 37.3 Å². The van der Waals surface area contributed by atoms with Gasteiger partial charge in [-0.2, -0.15) is 0 Å². The number of halogens is 2. The first-order valence-corrected chi connectivity index (χ1v) is 9.73. The highest BCUT2D eigenvalue weighted by atomic mass is 79.9. The van der Waals surface area contributed by atoms with Gasteiger partial charge in [-0.1, -0.05) is 30.0 Å². The van der Waals surface area contributed by atoms with Crippen LogP contribution >= 0.6 is 43.6 Å². The Morgan fingerprint density at radius 2 is 2.08 bits per heavy atom. The normalized spacial score (nSPS) is 10.7. The van der Waals surface area contributed by atoms with Crippen molar-refractivity contribution in [2.75, 3.05) is 11.1 Å². The summed E-state index contributed by atoms with van der Waals surface area (Å²) in [5.41, 5.74) is 1.93. The third kappa shape index (κ3) is 4.68. The zero-order valence-corrected chi connectivity index (χ0v) is 17.0. The van der Waals surface area contributed by atoms with Crippen molar-refractivity contribution in [2.45, 2.75) is 12.1 Å². The molecule has 1 N–H and O–H groups in total. The number of amides is 1. The van der Waals surface area contributed by atoms with Crippen LogP contribution in [0.25, 0.3) is 11.5 Å². The summed E-state index contributed by atoms with van der Waals surface area (Å²) in [6, 6.07) is 9.56. The van der Waals surface area contributed by atoms with Crippen LogP contribution in [0.2, 0.25) is 0 Å². The fourth-order valence-corrected chi connectivity index (χ4v) is 3.64. The molecule has 0 saturated carbocycles. The number of aromatic nitrogens is 3. The van der Waals surface area contributed by atoms with E-state index in [0.29, 0.717) is 21.4 Å². The number of thioether (sulfide) groups is 1. The first kappa shape index (κ1) is 18.1. The number of rotatable bonds is 5. The van der Waals surface area contributed by atoms with E-state index >= 15 is 0 Å². The van der Waals surface area contributed by atoms with E-state index in [2.05, 4.69) is 52.4 Å². The van der Waals surface area contributed by atoms with Crippen LogP contribution in [0.5, 0.6) is 0 Å². The standard InChI is InChI=1S/C16H12Br2N4O2S/c1-9-4-2-3-5-11(9)15-21-22-16(24-15)25-8-13(23)20-14-12(18)6-10(17)7-19-14/h2-7H,8H2,1H3,(H,19,20,23). The molecule has 0 fully saturated rings. The average Bonchev–Trinajstić information content (AvgIpc) is 3.05. The Morgan fingerprint density at radius 1 is 1.28 bits per heavy atom. The highest BCUT2D eigenvalue weighted by Gasteiger charge is 2.13. The molecule has 25 heavy (non-hydrogen) atoms. The predicted molar refractivity (Wildman–Crippen MR) is 103 cm³/mol. The van der Waals surface area contributed by atoms with Crippen LogP contribution in [0.15, 0.2) is 55.1 Å². The Balaban J connectivity index is 1.60. The van der Waals surface area contributed by atoms with Crippen molar-refractivity contribution in [1.29, 1.82) is 0 Å². The van der Waals surface area contributed by atoms with Gasteiger partial charge in [-0.3, -0.25) is 4.79 Å². The fourth-order valence-electron chi connectivity index (χ4n) is 1.99. The van der Waals surface area contributed by atoms with Gasteiger partial charge >= 0.3 is 0 Å². The maximum Gasteiger partial charge on any atom is 0.277 e. The predicted octanol–water partition coefficient (Wildman–Crippen LogP) is 4.70. The highest BCUT2D eigenvalue weighted by Crippen LogP contribution is 2.26. The van der Waals surface area contributed by atoms with Gasteiger partial charge in [0.2, 0.25) is 11.8 Å². The van der Waals surface area contributed by atoms with E-state index in [0.717, 1.165) is 15.6 Å².